The zero-order chi connectivity index (χ0) is 18.4. The Kier molecular flexibility index (Phi) is 6.02. The summed E-state index contributed by atoms with van der Waals surface area (Å²) in [5, 5.41) is 3.90. The molecule has 2 aromatic carbocycles. The van der Waals surface area contributed by atoms with E-state index in [9.17, 15) is 4.79 Å². The van der Waals surface area contributed by atoms with Crippen LogP contribution >= 0.6 is 11.3 Å². The van der Waals surface area contributed by atoms with Gasteiger partial charge in [-0.2, -0.15) is 0 Å². The molecular weight excluding hydrogens is 344 g/mol. The Morgan fingerprint density at radius 3 is 2.73 bits per heavy atom. The van der Waals surface area contributed by atoms with Crippen LogP contribution in [0.5, 0.6) is 5.75 Å². The number of ether oxygens (including phenoxy) is 1. The molecule has 1 N–H and O–H groups in total. The second-order valence-corrected chi connectivity index (χ2v) is 7.11. The van der Waals surface area contributed by atoms with Gasteiger partial charge in [0, 0.05) is 17.0 Å². The van der Waals surface area contributed by atoms with Gasteiger partial charge in [-0.05, 0) is 31.0 Å². The summed E-state index contributed by atoms with van der Waals surface area (Å²) in [6.07, 6.45) is 1.20. The molecule has 1 heterocycles. The Morgan fingerprint density at radius 2 is 1.96 bits per heavy atom. The summed E-state index contributed by atoms with van der Waals surface area (Å²) in [5.74, 6) is 0.834. The fourth-order valence-electron chi connectivity index (χ4n) is 2.67. The molecule has 4 nitrogen and oxygen atoms in total. The van der Waals surface area contributed by atoms with Crippen molar-refractivity contribution in [2.45, 2.75) is 19.8 Å². The lowest BCUT2D eigenvalue weighted by atomic mass is 10.1. The Balaban J connectivity index is 1.59. The first-order chi connectivity index (χ1) is 12.7. The number of hydrogen-bond acceptors (Lipinski definition) is 4. The van der Waals surface area contributed by atoms with Crippen LogP contribution in [0.25, 0.3) is 10.6 Å². The number of carbonyl (C=O) groups is 1. The van der Waals surface area contributed by atoms with Crippen LogP contribution in [-0.4, -0.2) is 24.5 Å². The molecule has 1 amide bonds. The van der Waals surface area contributed by atoms with Gasteiger partial charge in [-0.1, -0.05) is 42.5 Å². The highest BCUT2D eigenvalue weighted by Crippen LogP contribution is 2.30. The summed E-state index contributed by atoms with van der Waals surface area (Å²) in [6.45, 7) is 2.59. The molecule has 134 valence electrons. The number of amides is 1. The molecule has 26 heavy (non-hydrogen) atoms. The number of rotatable bonds is 7. The van der Waals surface area contributed by atoms with Crippen LogP contribution in [0, 0.1) is 6.92 Å². The standard InChI is InChI=1S/C21H22N2O2S/c1-15-19(14-20(24)22-12-11-16-7-4-3-5-8-16)26-21(23-15)17-9-6-10-18(13-17)25-2/h3-10,13H,11-12,14H2,1-2H3,(H,22,24). The minimum Gasteiger partial charge on any atom is -0.497 e. The molecule has 3 rings (SSSR count). The molecule has 0 aliphatic heterocycles. The van der Waals surface area contributed by atoms with Crippen molar-refractivity contribution < 1.29 is 9.53 Å². The molecule has 0 atom stereocenters. The average molecular weight is 366 g/mol. The van der Waals surface area contributed by atoms with Gasteiger partial charge in [-0.3, -0.25) is 4.79 Å². The summed E-state index contributed by atoms with van der Waals surface area (Å²) in [4.78, 5) is 17.9. The minimum absolute atomic E-state index is 0.0323. The maximum atomic E-state index is 12.2. The quantitative estimate of drug-likeness (QED) is 0.687. The topological polar surface area (TPSA) is 51.2 Å². The van der Waals surface area contributed by atoms with E-state index in [1.54, 1.807) is 18.4 Å². The predicted molar refractivity (Wildman–Crippen MR) is 106 cm³/mol. The van der Waals surface area contributed by atoms with Crippen LogP contribution in [0.3, 0.4) is 0 Å². The van der Waals surface area contributed by atoms with Crippen molar-refractivity contribution in [3.63, 3.8) is 0 Å². The number of nitrogens with zero attached hydrogens (tertiary/aromatic N) is 1. The van der Waals surface area contributed by atoms with Crippen LogP contribution < -0.4 is 10.1 Å². The molecule has 0 bridgehead atoms. The molecule has 0 saturated carbocycles. The molecule has 0 spiro atoms. The Labute approximate surface area is 157 Å². The van der Waals surface area contributed by atoms with E-state index in [0.717, 1.165) is 33.3 Å². The van der Waals surface area contributed by atoms with E-state index in [-0.39, 0.29) is 5.91 Å². The van der Waals surface area contributed by atoms with Gasteiger partial charge in [0.1, 0.15) is 10.8 Å². The number of thiazole rings is 1. The van der Waals surface area contributed by atoms with Gasteiger partial charge in [0.25, 0.3) is 0 Å². The van der Waals surface area contributed by atoms with Crippen molar-refractivity contribution in [3.8, 4) is 16.3 Å². The second-order valence-electron chi connectivity index (χ2n) is 6.02. The van der Waals surface area contributed by atoms with Gasteiger partial charge in [0.05, 0.1) is 19.2 Å². The molecule has 0 aliphatic rings. The van der Waals surface area contributed by atoms with Gasteiger partial charge in [0.15, 0.2) is 0 Å². The third kappa shape index (κ3) is 4.70. The molecular formula is C21H22N2O2S. The lowest BCUT2D eigenvalue weighted by Gasteiger charge is -2.04. The highest BCUT2D eigenvalue weighted by atomic mass is 32.1. The molecule has 0 aliphatic carbocycles. The number of benzene rings is 2. The number of methoxy groups -OCH3 is 1. The Bertz CT molecular complexity index is 875. The van der Waals surface area contributed by atoms with Gasteiger partial charge < -0.3 is 10.1 Å². The number of aryl methyl sites for hydroxylation is 1. The normalized spacial score (nSPS) is 10.5. The predicted octanol–water partition coefficient (Wildman–Crippen LogP) is 4.03. The average Bonchev–Trinajstić information content (AvgIpc) is 3.03. The summed E-state index contributed by atoms with van der Waals surface area (Å²) in [7, 11) is 1.65. The summed E-state index contributed by atoms with van der Waals surface area (Å²) >= 11 is 1.56. The van der Waals surface area contributed by atoms with E-state index in [4.69, 9.17) is 4.74 Å². The Morgan fingerprint density at radius 1 is 1.15 bits per heavy atom. The van der Waals surface area contributed by atoms with Crippen molar-refractivity contribution in [2.24, 2.45) is 0 Å². The molecule has 0 fully saturated rings. The number of carbonyl (C=O) groups excluding carboxylic acids is 1. The zero-order valence-corrected chi connectivity index (χ0v) is 15.8. The van der Waals surface area contributed by atoms with Gasteiger partial charge in [-0.25, -0.2) is 4.98 Å². The molecule has 0 unspecified atom stereocenters. The fraction of sp³-hybridized carbons (Fsp3) is 0.238. The molecule has 5 heteroatoms. The third-order valence-corrected chi connectivity index (χ3v) is 5.32. The van der Waals surface area contributed by atoms with E-state index in [1.165, 1.54) is 5.56 Å². The molecule has 1 aromatic heterocycles. The first-order valence-corrected chi connectivity index (χ1v) is 9.38. The van der Waals surface area contributed by atoms with Crippen LogP contribution in [0.2, 0.25) is 0 Å². The maximum Gasteiger partial charge on any atom is 0.225 e. The first-order valence-electron chi connectivity index (χ1n) is 8.57. The summed E-state index contributed by atoms with van der Waals surface area (Å²) in [5.41, 5.74) is 3.14. The van der Waals surface area contributed by atoms with Crippen LogP contribution in [0.4, 0.5) is 0 Å². The minimum atomic E-state index is 0.0323. The monoisotopic (exact) mass is 366 g/mol. The van der Waals surface area contributed by atoms with Gasteiger partial charge in [-0.15, -0.1) is 11.3 Å². The van der Waals surface area contributed by atoms with Crippen molar-refractivity contribution in [2.75, 3.05) is 13.7 Å². The molecule has 3 aromatic rings. The third-order valence-electron chi connectivity index (χ3n) is 4.11. The first kappa shape index (κ1) is 18.1. The van der Waals surface area contributed by atoms with Gasteiger partial charge in [0.2, 0.25) is 5.91 Å². The Hall–Kier alpha value is -2.66. The lowest BCUT2D eigenvalue weighted by Crippen LogP contribution is -2.27. The van der Waals surface area contributed by atoms with Crippen LogP contribution in [0.15, 0.2) is 54.6 Å². The summed E-state index contributed by atoms with van der Waals surface area (Å²) < 4.78 is 5.27. The van der Waals surface area contributed by atoms with E-state index in [2.05, 4.69) is 22.4 Å². The van der Waals surface area contributed by atoms with Crippen molar-refractivity contribution in [1.29, 1.82) is 0 Å². The molecule has 0 radical (unpaired) electrons. The van der Waals surface area contributed by atoms with E-state index in [1.807, 2.05) is 49.4 Å². The van der Waals surface area contributed by atoms with E-state index in [0.29, 0.717) is 13.0 Å². The molecule has 0 saturated heterocycles. The smallest absolute Gasteiger partial charge is 0.225 e. The second kappa shape index (κ2) is 8.63. The highest BCUT2D eigenvalue weighted by Gasteiger charge is 2.13. The van der Waals surface area contributed by atoms with Gasteiger partial charge >= 0.3 is 0 Å². The fourth-order valence-corrected chi connectivity index (χ4v) is 3.73. The zero-order valence-electron chi connectivity index (χ0n) is 15.0. The largest absolute Gasteiger partial charge is 0.497 e. The number of hydrogen-bond donors (Lipinski definition) is 1. The van der Waals surface area contributed by atoms with Crippen molar-refractivity contribution in [1.82, 2.24) is 10.3 Å². The SMILES string of the molecule is COc1cccc(-c2nc(C)c(CC(=O)NCCc3ccccc3)s2)c1. The van der Waals surface area contributed by atoms with E-state index >= 15 is 0 Å². The van der Waals surface area contributed by atoms with Crippen molar-refractivity contribution in [3.05, 3.63) is 70.7 Å². The van der Waals surface area contributed by atoms with Crippen LogP contribution in [-0.2, 0) is 17.6 Å². The van der Waals surface area contributed by atoms with E-state index < -0.39 is 0 Å². The van der Waals surface area contributed by atoms with Crippen molar-refractivity contribution >= 4 is 17.2 Å². The highest BCUT2D eigenvalue weighted by molar-refractivity contribution is 7.15. The number of nitrogens with one attached hydrogen (secondary N) is 1. The number of aromatic nitrogens is 1. The maximum absolute atomic E-state index is 12.2. The summed E-state index contributed by atoms with van der Waals surface area (Å²) in [6, 6.07) is 18.0. The van der Waals surface area contributed by atoms with Crippen LogP contribution in [0.1, 0.15) is 16.1 Å². The lowest BCUT2D eigenvalue weighted by molar-refractivity contribution is -0.120.